The maximum atomic E-state index is 13.4. The number of anilines is 1. The number of halogens is 1. The Morgan fingerprint density at radius 1 is 1.15 bits per heavy atom. The molecule has 0 aliphatic heterocycles. The number of nitrogens with one attached hydrogen (secondary N) is 1. The maximum Gasteiger partial charge on any atom is 0.174 e. The lowest BCUT2D eigenvalue weighted by Gasteiger charge is -2.34. The Balaban J connectivity index is 1.83. The van der Waals surface area contributed by atoms with Crippen molar-refractivity contribution < 1.29 is 9.50 Å². The van der Waals surface area contributed by atoms with Crippen LogP contribution in [-0.4, -0.2) is 16.3 Å². The van der Waals surface area contributed by atoms with Gasteiger partial charge in [-0.1, -0.05) is 38.0 Å². The molecule has 2 aromatic rings. The van der Waals surface area contributed by atoms with Crippen LogP contribution in [0.2, 0.25) is 0 Å². The van der Waals surface area contributed by atoms with Gasteiger partial charge in [0.25, 0.3) is 0 Å². The van der Waals surface area contributed by atoms with Crippen molar-refractivity contribution in [2.24, 2.45) is 5.92 Å². The number of phenols is 1. The van der Waals surface area contributed by atoms with Crippen molar-refractivity contribution >= 4 is 23.0 Å². The van der Waals surface area contributed by atoms with Gasteiger partial charge in [0.15, 0.2) is 5.11 Å². The number of hydrogen-bond acceptors (Lipinski definition) is 2. The van der Waals surface area contributed by atoms with Crippen molar-refractivity contribution in [3.05, 3.63) is 59.9 Å². The van der Waals surface area contributed by atoms with Crippen molar-refractivity contribution in [3.8, 4) is 5.75 Å². The van der Waals surface area contributed by atoms with E-state index in [-0.39, 0.29) is 11.6 Å². The molecule has 2 N–H and O–H groups in total. The SMILES string of the molecule is C[C@@H]1CCCC[C@H]1NC(=S)N(Cc1ccccc1O)c1ccc(F)cc1. The smallest absolute Gasteiger partial charge is 0.174 e. The van der Waals surface area contributed by atoms with Crippen molar-refractivity contribution in [3.63, 3.8) is 0 Å². The number of phenolic OH excluding ortho intramolecular Hbond substituents is 1. The standard InChI is InChI=1S/C21H25FN2OS/c1-15-6-2-4-8-19(15)23-21(26)24(18-12-10-17(22)11-13-18)14-16-7-3-5-9-20(16)25/h3,5,7,9-13,15,19,25H,2,4,6,8,14H2,1H3,(H,23,26)/t15-,19-/m1/s1. The fourth-order valence-electron chi connectivity index (χ4n) is 3.48. The summed E-state index contributed by atoms with van der Waals surface area (Å²) >= 11 is 5.71. The van der Waals surface area contributed by atoms with Crippen LogP contribution in [0, 0.1) is 11.7 Å². The Labute approximate surface area is 159 Å². The van der Waals surface area contributed by atoms with E-state index in [1.807, 2.05) is 17.0 Å². The lowest BCUT2D eigenvalue weighted by atomic mass is 9.86. The van der Waals surface area contributed by atoms with E-state index < -0.39 is 0 Å². The monoisotopic (exact) mass is 372 g/mol. The highest BCUT2D eigenvalue weighted by atomic mass is 32.1. The van der Waals surface area contributed by atoms with Gasteiger partial charge in [-0.15, -0.1) is 0 Å². The summed E-state index contributed by atoms with van der Waals surface area (Å²) in [5.41, 5.74) is 1.58. The Morgan fingerprint density at radius 2 is 1.85 bits per heavy atom. The Kier molecular flexibility index (Phi) is 6.09. The molecule has 1 aliphatic carbocycles. The molecular weight excluding hydrogens is 347 g/mol. The highest BCUT2D eigenvalue weighted by molar-refractivity contribution is 7.80. The van der Waals surface area contributed by atoms with E-state index >= 15 is 0 Å². The maximum absolute atomic E-state index is 13.4. The van der Waals surface area contributed by atoms with E-state index in [9.17, 15) is 9.50 Å². The van der Waals surface area contributed by atoms with Crippen molar-refractivity contribution in [2.75, 3.05) is 4.90 Å². The Morgan fingerprint density at radius 3 is 2.54 bits per heavy atom. The minimum absolute atomic E-state index is 0.230. The second kappa shape index (κ2) is 8.49. The third-order valence-electron chi connectivity index (χ3n) is 5.12. The largest absolute Gasteiger partial charge is 0.508 e. The average Bonchev–Trinajstić information content (AvgIpc) is 2.64. The molecule has 0 amide bonds. The molecule has 3 nitrogen and oxygen atoms in total. The summed E-state index contributed by atoms with van der Waals surface area (Å²) in [6.07, 6.45) is 4.79. The molecule has 138 valence electrons. The lowest BCUT2D eigenvalue weighted by Crippen LogP contribution is -2.47. The fraction of sp³-hybridized carbons (Fsp3) is 0.381. The molecule has 2 aromatic carbocycles. The predicted molar refractivity (Wildman–Crippen MR) is 108 cm³/mol. The fourth-order valence-corrected chi connectivity index (χ4v) is 3.80. The number of aromatic hydroxyl groups is 1. The Hall–Kier alpha value is -2.14. The van der Waals surface area contributed by atoms with Crippen LogP contribution in [0.3, 0.4) is 0 Å². The summed E-state index contributed by atoms with van der Waals surface area (Å²) in [5, 5.41) is 14.3. The number of nitrogens with zero attached hydrogens (tertiary/aromatic N) is 1. The van der Waals surface area contributed by atoms with Crippen LogP contribution >= 0.6 is 12.2 Å². The summed E-state index contributed by atoms with van der Waals surface area (Å²) < 4.78 is 13.4. The van der Waals surface area contributed by atoms with Crippen LogP contribution in [0.5, 0.6) is 5.75 Å². The third kappa shape index (κ3) is 4.52. The molecule has 3 rings (SSSR count). The highest BCUT2D eigenvalue weighted by Crippen LogP contribution is 2.26. The molecule has 5 heteroatoms. The van der Waals surface area contributed by atoms with Crippen LogP contribution in [0.4, 0.5) is 10.1 Å². The first kappa shape index (κ1) is 18.6. The first-order valence-corrected chi connectivity index (χ1v) is 9.56. The van der Waals surface area contributed by atoms with E-state index in [0.717, 1.165) is 17.7 Å². The minimum atomic E-state index is -0.281. The molecular formula is C21H25FN2OS. The normalized spacial score (nSPS) is 19.8. The topological polar surface area (TPSA) is 35.5 Å². The molecule has 0 radical (unpaired) electrons. The van der Waals surface area contributed by atoms with Gasteiger partial charge in [0.1, 0.15) is 11.6 Å². The molecule has 2 atom stereocenters. The van der Waals surface area contributed by atoms with E-state index in [1.165, 1.54) is 31.4 Å². The quantitative estimate of drug-likeness (QED) is 0.741. The van der Waals surface area contributed by atoms with Crippen LogP contribution in [-0.2, 0) is 6.54 Å². The van der Waals surface area contributed by atoms with Crippen LogP contribution in [0.1, 0.15) is 38.2 Å². The average molecular weight is 373 g/mol. The number of hydrogen-bond donors (Lipinski definition) is 2. The van der Waals surface area contributed by atoms with Gasteiger partial charge in [-0.25, -0.2) is 4.39 Å². The summed E-state index contributed by atoms with van der Waals surface area (Å²) in [6.45, 7) is 2.68. The van der Waals surface area contributed by atoms with Gasteiger partial charge in [-0.05, 0) is 61.3 Å². The molecule has 0 heterocycles. The molecule has 0 unspecified atom stereocenters. The van der Waals surface area contributed by atoms with Gasteiger partial charge >= 0.3 is 0 Å². The van der Waals surface area contributed by atoms with E-state index in [2.05, 4.69) is 12.2 Å². The summed E-state index contributed by atoms with van der Waals surface area (Å²) in [4.78, 5) is 1.92. The zero-order chi connectivity index (χ0) is 18.5. The first-order chi connectivity index (χ1) is 12.5. The molecule has 26 heavy (non-hydrogen) atoms. The molecule has 0 spiro atoms. The second-order valence-corrected chi connectivity index (χ2v) is 7.40. The lowest BCUT2D eigenvalue weighted by molar-refractivity contribution is 0.309. The summed E-state index contributed by atoms with van der Waals surface area (Å²) in [6, 6.07) is 13.9. The summed E-state index contributed by atoms with van der Waals surface area (Å²) in [7, 11) is 0. The zero-order valence-corrected chi connectivity index (χ0v) is 15.8. The summed E-state index contributed by atoms with van der Waals surface area (Å²) in [5.74, 6) is 0.520. The van der Waals surface area contributed by atoms with E-state index in [0.29, 0.717) is 23.6 Å². The van der Waals surface area contributed by atoms with Crippen molar-refractivity contribution in [2.45, 2.75) is 45.2 Å². The van der Waals surface area contributed by atoms with Crippen LogP contribution in [0.25, 0.3) is 0 Å². The van der Waals surface area contributed by atoms with Gasteiger partial charge in [0.05, 0.1) is 6.54 Å². The van der Waals surface area contributed by atoms with Crippen molar-refractivity contribution in [1.82, 2.24) is 5.32 Å². The molecule has 1 aliphatic rings. The van der Waals surface area contributed by atoms with Crippen molar-refractivity contribution in [1.29, 1.82) is 0 Å². The highest BCUT2D eigenvalue weighted by Gasteiger charge is 2.24. The van der Waals surface area contributed by atoms with Gasteiger partial charge in [-0.2, -0.15) is 0 Å². The van der Waals surface area contributed by atoms with E-state index in [4.69, 9.17) is 12.2 Å². The molecule has 0 aromatic heterocycles. The predicted octanol–water partition coefficient (Wildman–Crippen LogP) is 4.99. The van der Waals surface area contributed by atoms with Gasteiger partial charge in [0, 0.05) is 17.3 Å². The van der Waals surface area contributed by atoms with Gasteiger partial charge in [0.2, 0.25) is 0 Å². The van der Waals surface area contributed by atoms with Crippen LogP contribution < -0.4 is 10.2 Å². The minimum Gasteiger partial charge on any atom is -0.508 e. The van der Waals surface area contributed by atoms with Gasteiger partial charge in [-0.3, -0.25) is 0 Å². The second-order valence-electron chi connectivity index (χ2n) is 7.01. The molecule has 0 saturated heterocycles. The number of thiocarbonyl (C=S) groups is 1. The molecule has 1 saturated carbocycles. The first-order valence-electron chi connectivity index (χ1n) is 9.15. The number of benzene rings is 2. The Bertz CT molecular complexity index is 750. The van der Waals surface area contributed by atoms with E-state index in [1.54, 1.807) is 24.3 Å². The number of rotatable bonds is 4. The number of para-hydroxylation sites is 1. The molecule has 0 bridgehead atoms. The third-order valence-corrected chi connectivity index (χ3v) is 5.46. The molecule has 1 fully saturated rings. The zero-order valence-electron chi connectivity index (χ0n) is 15.0. The van der Waals surface area contributed by atoms with Gasteiger partial charge < -0.3 is 15.3 Å². The van der Waals surface area contributed by atoms with Crippen LogP contribution in [0.15, 0.2) is 48.5 Å².